The van der Waals surface area contributed by atoms with Gasteiger partial charge in [-0.1, -0.05) is 33.6 Å². The fourth-order valence-corrected chi connectivity index (χ4v) is 2.70. The highest BCUT2D eigenvalue weighted by atomic mass is 79.9. The molecule has 0 amide bonds. The lowest BCUT2D eigenvalue weighted by molar-refractivity contribution is -0.147. The second-order valence-corrected chi connectivity index (χ2v) is 5.91. The Bertz CT molecular complexity index is 460. The van der Waals surface area contributed by atoms with E-state index in [0.717, 1.165) is 9.37 Å². The number of hydrogen-bond acceptors (Lipinski definition) is 3. The third-order valence-corrected chi connectivity index (χ3v) is 3.68. The molecule has 8 heteroatoms. The second kappa shape index (κ2) is 8.33. The van der Waals surface area contributed by atoms with E-state index in [4.69, 9.17) is 16.7 Å². The largest absolute Gasteiger partial charge is 0.401 e. The van der Waals surface area contributed by atoms with Crippen molar-refractivity contribution in [1.82, 2.24) is 4.90 Å². The Morgan fingerprint density at radius 1 is 1.29 bits per heavy atom. The molecule has 1 aromatic rings. The van der Waals surface area contributed by atoms with Gasteiger partial charge in [-0.25, -0.2) is 0 Å². The molecule has 120 valence electrons. The normalized spacial score (nSPS) is 13.7. The van der Waals surface area contributed by atoms with Crippen LogP contribution in [0.5, 0.6) is 0 Å². The lowest BCUT2D eigenvalue weighted by Crippen LogP contribution is -2.37. The van der Waals surface area contributed by atoms with Crippen molar-refractivity contribution in [2.45, 2.75) is 18.7 Å². The van der Waals surface area contributed by atoms with E-state index in [9.17, 15) is 18.3 Å². The highest BCUT2D eigenvalue weighted by Crippen LogP contribution is 2.28. The predicted octanol–water partition coefficient (Wildman–Crippen LogP) is 3.38. The van der Waals surface area contributed by atoms with Gasteiger partial charge in [0.05, 0.1) is 19.3 Å². The maximum absolute atomic E-state index is 12.4. The van der Waals surface area contributed by atoms with Crippen LogP contribution >= 0.6 is 27.5 Å². The molecule has 0 bridgehead atoms. The van der Waals surface area contributed by atoms with Crippen molar-refractivity contribution < 1.29 is 23.4 Å². The third kappa shape index (κ3) is 6.97. The number of aliphatic hydroxyl groups excluding tert-OH is 2. The number of aliphatic hydroxyl groups is 2. The van der Waals surface area contributed by atoms with Crippen molar-refractivity contribution in [3.8, 4) is 0 Å². The average Bonchev–Trinajstić information content (AvgIpc) is 2.34. The number of rotatable bonds is 7. The summed E-state index contributed by atoms with van der Waals surface area (Å²) in [4.78, 5) is 1.05. The van der Waals surface area contributed by atoms with Crippen LogP contribution in [0.2, 0.25) is 5.02 Å². The number of alkyl halides is 3. The van der Waals surface area contributed by atoms with Crippen molar-refractivity contribution in [2.75, 3.05) is 26.2 Å². The molecule has 0 aliphatic heterocycles. The minimum atomic E-state index is -4.34. The molecule has 0 spiro atoms. The molecule has 3 nitrogen and oxygen atoms in total. The van der Waals surface area contributed by atoms with E-state index in [0.29, 0.717) is 10.6 Å². The summed E-state index contributed by atoms with van der Waals surface area (Å²) in [6.45, 7) is -1.58. The van der Waals surface area contributed by atoms with Gasteiger partial charge in [-0.05, 0) is 24.1 Å². The summed E-state index contributed by atoms with van der Waals surface area (Å²) in [5, 5.41) is 19.2. The molecule has 1 atom stereocenters. The maximum Gasteiger partial charge on any atom is 0.401 e. The van der Waals surface area contributed by atoms with E-state index in [1.165, 1.54) is 0 Å². The van der Waals surface area contributed by atoms with Gasteiger partial charge in [-0.3, -0.25) is 4.90 Å². The van der Waals surface area contributed by atoms with E-state index in [2.05, 4.69) is 15.9 Å². The van der Waals surface area contributed by atoms with Gasteiger partial charge >= 0.3 is 6.18 Å². The molecule has 2 N–H and O–H groups in total. The van der Waals surface area contributed by atoms with Crippen LogP contribution in [0, 0.1) is 0 Å². The van der Waals surface area contributed by atoms with E-state index in [1.807, 2.05) is 0 Å². The Morgan fingerprint density at radius 2 is 1.95 bits per heavy atom. The van der Waals surface area contributed by atoms with Gasteiger partial charge in [0, 0.05) is 22.6 Å². The molecule has 0 saturated carbocycles. The smallest absolute Gasteiger partial charge is 0.395 e. The Morgan fingerprint density at radius 3 is 2.48 bits per heavy atom. The highest BCUT2D eigenvalue weighted by Gasteiger charge is 2.30. The maximum atomic E-state index is 12.4. The van der Waals surface area contributed by atoms with Crippen molar-refractivity contribution in [3.63, 3.8) is 0 Å². The molecule has 1 rings (SSSR count). The number of nitrogens with zero attached hydrogens (tertiary/aromatic N) is 1. The zero-order valence-corrected chi connectivity index (χ0v) is 13.4. The van der Waals surface area contributed by atoms with Crippen LogP contribution in [0.25, 0.3) is 0 Å². The van der Waals surface area contributed by atoms with Gasteiger partial charge in [0.25, 0.3) is 0 Å². The summed E-state index contributed by atoms with van der Waals surface area (Å²) >= 11 is 9.22. The third-order valence-electron chi connectivity index (χ3n) is 2.86. The van der Waals surface area contributed by atoms with Crippen LogP contribution in [-0.2, 0) is 0 Å². The molecular formula is C13H16BrClF3NO2. The summed E-state index contributed by atoms with van der Waals surface area (Å²) < 4.78 is 37.9. The lowest BCUT2D eigenvalue weighted by atomic mass is 10.1. The summed E-state index contributed by atoms with van der Waals surface area (Å²) in [7, 11) is 0. The van der Waals surface area contributed by atoms with Crippen molar-refractivity contribution in [2.24, 2.45) is 0 Å². The Kier molecular flexibility index (Phi) is 7.42. The molecule has 1 aromatic carbocycles. The van der Waals surface area contributed by atoms with E-state index >= 15 is 0 Å². The molecule has 0 aliphatic carbocycles. The fourth-order valence-electron chi connectivity index (χ4n) is 1.90. The molecule has 0 aromatic heterocycles. The van der Waals surface area contributed by atoms with Crippen LogP contribution < -0.4 is 0 Å². The second-order valence-electron chi connectivity index (χ2n) is 4.59. The van der Waals surface area contributed by atoms with Crippen LogP contribution in [0.15, 0.2) is 22.7 Å². The molecular weight excluding hydrogens is 374 g/mol. The van der Waals surface area contributed by atoms with Gasteiger partial charge in [0.2, 0.25) is 0 Å². The van der Waals surface area contributed by atoms with Gasteiger partial charge in [0.1, 0.15) is 0 Å². The van der Waals surface area contributed by atoms with Crippen LogP contribution in [-0.4, -0.2) is 47.5 Å². The topological polar surface area (TPSA) is 43.7 Å². The van der Waals surface area contributed by atoms with Gasteiger partial charge in [-0.2, -0.15) is 13.2 Å². The Labute approximate surface area is 134 Å². The van der Waals surface area contributed by atoms with Gasteiger partial charge < -0.3 is 10.2 Å². The summed E-state index contributed by atoms with van der Waals surface area (Å²) in [5.74, 6) is 0. The summed E-state index contributed by atoms with van der Waals surface area (Å²) in [6, 6.07) is 4.93. The van der Waals surface area contributed by atoms with Crippen molar-refractivity contribution >= 4 is 27.5 Å². The van der Waals surface area contributed by atoms with Crippen LogP contribution in [0.1, 0.15) is 18.1 Å². The first-order valence-electron chi connectivity index (χ1n) is 6.26. The van der Waals surface area contributed by atoms with E-state index < -0.39 is 18.8 Å². The first-order valence-corrected chi connectivity index (χ1v) is 7.43. The number of hydrogen-bond donors (Lipinski definition) is 2. The minimum Gasteiger partial charge on any atom is -0.395 e. The quantitative estimate of drug-likeness (QED) is 0.750. The molecule has 0 heterocycles. The molecule has 0 radical (unpaired) electrons. The fraction of sp³-hybridized carbons (Fsp3) is 0.538. The predicted molar refractivity (Wildman–Crippen MR) is 78.3 cm³/mol. The Hall–Kier alpha value is -0.340. The summed E-state index contributed by atoms with van der Waals surface area (Å²) in [5.41, 5.74) is 0.468. The lowest BCUT2D eigenvalue weighted by Gasteiger charge is -2.24. The first kappa shape index (κ1) is 18.7. The molecule has 0 aliphatic rings. The van der Waals surface area contributed by atoms with E-state index in [-0.39, 0.29) is 26.1 Å². The monoisotopic (exact) mass is 389 g/mol. The average molecular weight is 391 g/mol. The van der Waals surface area contributed by atoms with Crippen molar-refractivity contribution in [1.29, 1.82) is 0 Å². The zero-order chi connectivity index (χ0) is 16.0. The zero-order valence-electron chi connectivity index (χ0n) is 11.1. The Balaban J connectivity index is 2.62. The highest BCUT2D eigenvalue weighted by molar-refractivity contribution is 9.10. The van der Waals surface area contributed by atoms with Gasteiger partial charge in [-0.15, -0.1) is 0 Å². The standard InChI is InChI=1S/C13H16BrClF3NO2/c14-9-1-2-10(11(15)7-9)12(21)3-4-19(5-6-20)8-13(16,17)18/h1-2,7,12,20-21H,3-6,8H2. The van der Waals surface area contributed by atoms with Crippen molar-refractivity contribution in [3.05, 3.63) is 33.3 Å². The number of benzene rings is 1. The first-order chi connectivity index (χ1) is 9.73. The van der Waals surface area contributed by atoms with Crippen LogP contribution in [0.4, 0.5) is 13.2 Å². The number of halogens is 5. The summed E-state index contributed by atoms with van der Waals surface area (Å²) in [6.07, 6.45) is -5.20. The molecule has 21 heavy (non-hydrogen) atoms. The molecule has 1 unspecified atom stereocenters. The van der Waals surface area contributed by atoms with Crippen LogP contribution in [0.3, 0.4) is 0 Å². The minimum absolute atomic E-state index is 0.00757. The molecule has 0 fully saturated rings. The SMILES string of the molecule is OCCN(CCC(O)c1ccc(Br)cc1Cl)CC(F)(F)F. The van der Waals surface area contributed by atoms with E-state index in [1.54, 1.807) is 18.2 Å². The molecule has 0 saturated heterocycles. The van der Waals surface area contributed by atoms with Gasteiger partial charge in [0.15, 0.2) is 0 Å².